The number of carbonyl (C=O) groups is 2. The maximum atomic E-state index is 13.8. The third-order valence-corrected chi connectivity index (χ3v) is 7.20. The zero-order chi connectivity index (χ0) is 25.3. The topological polar surface area (TPSA) is 49.4 Å². The zero-order valence-electron chi connectivity index (χ0n) is 21.0. The number of amides is 2. The van der Waals surface area contributed by atoms with Gasteiger partial charge in [0.25, 0.3) is 0 Å². The van der Waals surface area contributed by atoms with Gasteiger partial charge in [0, 0.05) is 30.5 Å². The van der Waals surface area contributed by atoms with Gasteiger partial charge in [-0.25, -0.2) is 0 Å². The summed E-state index contributed by atoms with van der Waals surface area (Å²) in [5.74, 6) is -0.102. The molecule has 0 heterocycles. The molecule has 4 rings (SSSR count). The summed E-state index contributed by atoms with van der Waals surface area (Å²) in [4.78, 5) is 29.2. The molecule has 0 aliphatic heterocycles. The van der Waals surface area contributed by atoms with Crippen LogP contribution in [0.1, 0.15) is 54.4 Å². The lowest BCUT2D eigenvalue weighted by Crippen LogP contribution is -2.52. The van der Waals surface area contributed by atoms with Crippen molar-refractivity contribution in [3.05, 3.63) is 106 Å². The first-order valence-corrected chi connectivity index (χ1v) is 13.3. The molecule has 1 saturated carbocycles. The Morgan fingerprint density at radius 3 is 2.31 bits per heavy atom. The Hall–Kier alpha value is -3.11. The summed E-state index contributed by atoms with van der Waals surface area (Å²) in [5.41, 5.74) is 4.26. The second kappa shape index (κ2) is 12.7. The Kier molecular flexibility index (Phi) is 9.18. The van der Waals surface area contributed by atoms with Crippen molar-refractivity contribution in [3.63, 3.8) is 0 Å². The molecule has 0 bridgehead atoms. The molecule has 1 aliphatic carbocycles. The predicted octanol–water partition coefficient (Wildman–Crippen LogP) is 6.28. The molecule has 1 aliphatic rings. The van der Waals surface area contributed by atoms with Gasteiger partial charge < -0.3 is 10.2 Å². The Morgan fingerprint density at radius 2 is 1.61 bits per heavy atom. The SMILES string of the molecule is Cc1ccc(CCC(=O)N(Cc2cccc(Cl)c2)[C@H](Cc2ccccc2)C(=O)NC2CCCC2)cc1. The quantitative estimate of drug-likeness (QED) is 0.354. The van der Waals surface area contributed by atoms with Crippen molar-refractivity contribution in [1.82, 2.24) is 10.2 Å². The van der Waals surface area contributed by atoms with Crippen molar-refractivity contribution in [2.24, 2.45) is 0 Å². The summed E-state index contributed by atoms with van der Waals surface area (Å²) in [6.07, 6.45) is 5.71. The highest BCUT2D eigenvalue weighted by atomic mass is 35.5. The first kappa shape index (κ1) is 26.0. The molecular weight excluding hydrogens is 468 g/mol. The number of rotatable bonds is 10. The van der Waals surface area contributed by atoms with Crippen molar-refractivity contribution < 1.29 is 9.59 Å². The monoisotopic (exact) mass is 502 g/mol. The number of hydrogen-bond acceptors (Lipinski definition) is 2. The highest BCUT2D eigenvalue weighted by Crippen LogP contribution is 2.21. The first-order chi connectivity index (χ1) is 17.5. The van der Waals surface area contributed by atoms with Gasteiger partial charge in [-0.3, -0.25) is 9.59 Å². The number of benzene rings is 3. The van der Waals surface area contributed by atoms with E-state index in [1.165, 1.54) is 5.56 Å². The summed E-state index contributed by atoms with van der Waals surface area (Å²) >= 11 is 6.26. The van der Waals surface area contributed by atoms with E-state index in [9.17, 15) is 9.59 Å². The van der Waals surface area contributed by atoms with Crippen LogP contribution in [0.15, 0.2) is 78.9 Å². The molecule has 1 atom stereocenters. The average molecular weight is 503 g/mol. The van der Waals surface area contributed by atoms with Gasteiger partial charge >= 0.3 is 0 Å². The lowest BCUT2D eigenvalue weighted by Gasteiger charge is -2.32. The van der Waals surface area contributed by atoms with Gasteiger partial charge in [0.05, 0.1) is 0 Å². The van der Waals surface area contributed by atoms with Crippen LogP contribution in [0.3, 0.4) is 0 Å². The molecule has 2 amide bonds. The summed E-state index contributed by atoms with van der Waals surface area (Å²) in [5, 5.41) is 3.87. The largest absolute Gasteiger partial charge is 0.352 e. The van der Waals surface area contributed by atoms with Crippen molar-refractivity contribution in [2.45, 2.75) is 70.5 Å². The lowest BCUT2D eigenvalue weighted by molar-refractivity contribution is -0.141. The van der Waals surface area contributed by atoms with Crippen molar-refractivity contribution in [1.29, 1.82) is 0 Å². The fourth-order valence-corrected chi connectivity index (χ4v) is 5.12. The van der Waals surface area contributed by atoms with Crippen molar-refractivity contribution in [3.8, 4) is 0 Å². The molecule has 0 spiro atoms. The fourth-order valence-electron chi connectivity index (χ4n) is 4.90. The van der Waals surface area contributed by atoms with Crippen LogP contribution in [-0.2, 0) is 29.0 Å². The molecule has 3 aromatic carbocycles. The molecule has 3 aromatic rings. The van der Waals surface area contributed by atoms with E-state index in [1.54, 1.807) is 4.90 Å². The van der Waals surface area contributed by atoms with Crippen LogP contribution in [0, 0.1) is 6.92 Å². The highest BCUT2D eigenvalue weighted by Gasteiger charge is 2.32. The third-order valence-electron chi connectivity index (χ3n) is 6.96. The van der Waals surface area contributed by atoms with E-state index in [1.807, 2.05) is 54.6 Å². The number of nitrogens with one attached hydrogen (secondary N) is 1. The molecule has 1 fully saturated rings. The Labute approximate surface area is 219 Å². The highest BCUT2D eigenvalue weighted by molar-refractivity contribution is 6.30. The van der Waals surface area contributed by atoms with E-state index in [0.29, 0.717) is 30.8 Å². The first-order valence-electron chi connectivity index (χ1n) is 12.9. The normalized spacial score (nSPS) is 14.4. The van der Waals surface area contributed by atoms with Crippen LogP contribution in [-0.4, -0.2) is 28.8 Å². The van der Waals surface area contributed by atoms with Gasteiger partial charge in [-0.05, 0) is 55.0 Å². The van der Waals surface area contributed by atoms with E-state index < -0.39 is 6.04 Å². The second-order valence-corrected chi connectivity index (χ2v) is 10.3. The zero-order valence-corrected chi connectivity index (χ0v) is 21.7. The molecule has 4 nitrogen and oxygen atoms in total. The molecule has 188 valence electrons. The van der Waals surface area contributed by atoms with Crippen LogP contribution in [0.25, 0.3) is 0 Å². The van der Waals surface area contributed by atoms with E-state index in [0.717, 1.165) is 42.4 Å². The van der Waals surface area contributed by atoms with Crippen molar-refractivity contribution >= 4 is 23.4 Å². The maximum absolute atomic E-state index is 13.8. The van der Waals surface area contributed by atoms with E-state index >= 15 is 0 Å². The van der Waals surface area contributed by atoms with Crippen LogP contribution in [0.4, 0.5) is 0 Å². The van der Waals surface area contributed by atoms with Crippen LogP contribution < -0.4 is 5.32 Å². The summed E-state index contributed by atoms with van der Waals surface area (Å²) in [6.45, 7) is 2.39. The van der Waals surface area contributed by atoms with E-state index in [4.69, 9.17) is 11.6 Å². The Balaban J connectivity index is 1.60. The molecule has 0 aromatic heterocycles. The number of aryl methyl sites for hydroxylation is 2. The molecule has 0 saturated heterocycles. The van der Waals surface area contributed by atoms with Crippen molar-refractivity contribution in [2.75, 3.05) is 0 Å². The predicted molar refractivity (Wildman–Crippen MR) is 146 cm³/mol. The maximum Gasteiger partial charge on any atom is 0.243 e. The Morgan fingerprint density at radius 1 is 0.917 bits per heavy atom. The summed E-state index contributed by atoms with van der Waals surface area (Å²) in [6, 6.07) is 25.3. The minimum absolute atomic E-state index is 0.0296. The smallest absolute Gasteiger partial charge is 0.243 e. The number of nitrogens with zero attached hydrogens (tertiary/aromatic N) is 1. The van der Waals surface area contributed by atoms with E-state index in [2.05, 4.69) is 36.5 Å². The van der Waals surface area contributed by atoms with Gasteiger partial charge in [-0.15, -0.1) is 0 Å². The van der Waals surface area contributed by atoms with Crippen LogP contribution >= 0.6 is 11.6 Å². The van der Waals surface area contributed by atoms with Gasteiger partial charge in [-0.1, -0.05) is 96.7 Å². The minimum atomic E-state index is -0.600. The van der Waals surface area contributed by atoms with Gasteiger partial charge in [0.15, 0.2) is 0 Å². The Bertz CT molecular complexity index is 1140. The molecule has 0 radical (unpaired) electrons. The molecule has 36 heavy (non-hydrogen) atoms. The summed E-state index contributed by atoms with van der Waals surface area (Å²) < 4.78 is 0. The molecule has 1 N–H and O–H groups in total. The van der Waals surface area contributed by atoms with Gasteiger partial charge in [0.2, 0.25) is 11.8 Å². The third kappa shape index (κ3) is 7.44. The standard InChI is InChI=1S/C31H35ClN2O2/c1-23-14-16-24(17-15-23)18-19-30(35)34(22-26-10-7-11-27(32)20-26)29(21-25-8-3-2-4-9-25)31(36)33-28-12-5-6-13-28/h2-4,7-11,14-17,20,28-29H,5-6,12-13,18-19,21-22H2,1H3,(H,33,36)/t29-/m1/s1. The fraction of sp³-hybridized carbons (Fsp3) is 0.355. The van der Waals surface area contributed by atoms with Crippen LogP contribution in [0.5, 0.6) is 0 Å². The number of halogens is 1. The number of carbonyl (C=O) groups excluding carboxylic acids is 2. The van der Waals surface area contributed by atoms with Gasteiger partial charge in [-0.2, -0.15) is 0 Å². The lowest BCUT2D eigenvalue weighted by atomic mass is 10.0. The number of hydrogen-bond donors (Lipinski definition) is 1. The van der Waals surface area contributed by atoms with E-state index in [-0.39, 0.29) is 17.9 Å². The van der Waals surface area contributed by atoms with Crippen LogP contribution in [0.2, 0.25) is 5.02 Å². The molecular formula is C31H35ClN2O2. The summed E-state index contributed by atoms with van der Waals surface area (Å²) in [7, 11) is 0. The molecule has 0 unspecified atom stereocenters. The second-order valence-electron chi connectivity index (χ2n) is 9.83. The molecule has 5 heteroatoms. The van der Waals surface area contributed by atoms with Gasteiger partial charge in [0.1, 0.15) is 6.04 Å². The minimum Gasteiger partial charge on any atom is -0.352 e. The average Bonchev–Trinajstić information content (AvgIpc) is 3.39.